The maximum atomic E-state index is 11.9. The average Bonchev–Trinajstić information content (AvgIpc) is 2.82. The molecule has 1 atom stereocenters. The van der Waals surface area contributed by atoms with Crippen molar-refractivity contribution in [2.75, 3.05) is 25.7 Å². The zero-order valence-corrected chi connectivity index (χ0v) is 13.7. The quantitative estimate of drug-likeness (QED) is 0.765. The molecule has 1 aromatic heterocycles. The molecule has 1 rings (SSSR count). The molecule has 0 aliphatic rings. The lowest BCUT2D eigenvalue weighted by atomic mass is 10.4. The van der Waals surface area contributed by atoms with Gasteiger partial charge in [-0.05, 0) is 12.1 Å². The summed E-state index contributed by atoms with van der Waals surface area (Å²) in [5.74, 6) is 0.153. The molecule has 0 aromatic carbocycles. The number of nitrogens with zero attached hydrogens (tertiary/aromatic N) is 1. The number of nitrogens with two attached hydrogens (primary N) is 1. The minimum absolute atomic E-state index is 0.0170. The van der Waals surface area contributed by atoms with Crippen LogP contribution in [0.15, 0.2) is 12.1 Å². The van der Waals surface area contributed by atoms with Crippen molar-refractivity contribution >= 4 is 46.6 Å². The van der Waals surface area contributed by atoms with Crippen molar-refractivity contribution in [3.63, 3.8) is 0 Å². The van der Waals surface area contributed by atoms with Crippen molar-refractivity contribution in [1.29, 1.82) is 0 Å². The standard InChI is InChI=1S/C12H17ClN2O3S2/c1-15(5-8-3-4-10(13)20-8)11(16)7-19-6-9(14)12(17)18-2/h3-4,9H,5-7,14H2,1-2H3. The van der Waals surface area contributed by atoms with Gasteiger partial charge in [0.15, 0.2) is 0 Å². The van der Waals surface area contributed by atoms with Gasteiger partial charge >= 0.3 is 5.97 Å². The molecule has 0 fully saturated rings. The largest absolute Gasteiger partial charge is 0.468 e. The number of hydrogen-bond acceptors (Lipinski definition) is 6. The molecule has 1 amide bonds. The van der Waals surface area contributed by atoms with Gasteiger partial charge in [0, 0.05) is 17.7 Å². The lowest BCUT2D eigenvalue weighted by Gasteiger charge is -2.16. The summed E-state index contributed by atoms with van der Waals surface area (Å²) in [6, 6.07) is 3.01. The van der Waals surface area contributed by atoms with Gasteiger partial charge in [-0.2, -0.15) is 0 Å². The van der Waals surface area contributed by atoms with E-state index in [0.717, 1.165) is 4.88 Å². The third-order valence-corrected chi connectivity index (χ3v) is 4.74. The van der Waals surface area contributed by atoms with Crippen LogP contribution in [0.1, 0.15) is 4.88 Å². The SMILES string of the molecule is COC(=O)C(N)CSCC(=O)N(C)Cc1ccc(Cl)s1. The summed E-state index contributed by atoms with van der Waals surface area (Å²) in [7, 11) is 3.02. The van der Waals surface area contributed by atoms with Gasteiger partial charge in [0.25, 0.3) is 0 Å². The van der Waals surface area contributed by atoms with Crippen LogP contribution >= 0.6 is 34.7 Å². The Morgan fingerprint density at radius 2 is 2.25 bits per heavy atom. The molecule has 112 valence electrons. The molecule has 1 heterocycles. The van der Waals surface area contributed by atoms with Gasteiger partial charge in [-0.25, -0.2) is 0 Å². The first-order valence-corrected chi connectivity index (χ1v) is 8.18. The first kappa shape index (κ1) is 17.3. The van der Waals surface area contributed by atoms with Crippen molar-refractivity contribution in [2.45, 2.75) is 12.6 Å². The molecule has 5 nitrogen and oxygen atoms in total. The Hall–Kier alpha value is -0.760. The van der Waals surface area contributed by atoms with E-state index < -0.39 is 12.0 Å². The predicted molar refractivity (Wildman–Crippen MR) is 83.1 cm³/mol. The van der Waals surface area contributed by atoms with Crippen LogP contribution in [0.3, 0.4) is 0 Å². The van der Waals surface area contributed by atoms with E-state index in [4.69, 9.17) is 17.3 Å². The Bertz CT molecular complexity index is 467. The van der Waals surface area contributed by atoms with Crippen molar-refractivity contribution < 1.29 is 14.3 Å². The van der Waals surface area contributed by atoms with Gasteiger partial charge in [-0.15, -0.1) is 23.1 Å². The van der Waals surface area contributed by atoms with Gasteiger partial charge in [-0.3, -0.25) is 9.59 Å². The molecule has 1 unspecified atom stereocenters. The van der Waals surface area contributed by atoms with E-state index >= 15 is 0 Å². The van der Waals surface area contributed by atoms with Crippen molar-refractivity contribution in [3.05, 3.63) is 21.3 Å². The molecule has 2 N–H and O–H groups in total. The Balaban J connectivity index is 2.30. The number of amides is 1. The summed E-state index contributed by atoms with van der Waals surface area (Å²) in [6.07, 6.45) is 0. The number of methoxy groups -OCH3 is 1. The molecule has 0 radical (unpaired) electrons. The Labute approximate surface area is 131 Å². The topological polar surface area (TPSA) is 72.6 Å². The van der Waals surface area contributed by atoms with E-state index in [1.807, 2.05) is 12.1 Å². The molecular formula is C12H17ClN2O3S2. The number of hydrogen-bond donors (Lipinski definition) is 1. The van der Waals surface area contributed by atoms with Crippen LogP contribution < -0.4 is 5.73 Å². The number of ether oxygens (including phenoxy) is 1. The van der Waals surface area contributed by atoms with Crippen LogP contribution in [0.2, 0.25) is 4.34 Å². The molecule has 0 spiro atoms. The highest BCUT2D eigenvalue weighted by Crippen LogP contribution is 2.22. The zero-order chi connectivity index (χ0) is 15.1. The van der Waals surface area contributed by atoms with Gasteiger partial charge in [0.1, 0.15) is 6.04 Å². The van der Waals surface area contributed by atoms with Crippen LogP contribution in [0.5, 0.6) is 0 Å². The number of halogens is 1. The second kappa shape index (κ2) is 8.51. The fourth-order valence-corrected chi connectivity index (χ4v) is 3.41. The van der Waals surface area contributed by atoms with Crippen LogP contribution in [0, 0.1) is 0 Å². The van der Waals surface area contributed by atoms with Gasteiger partial charge < -0.3 is 15.4 Å². The summed E-state index contributed by atoms with van der Waals surface area (Å²) in [5, 5.41) is 0. The lowest BCUT2D eigenvalue weighted by Crippen LogP contribution is -2.35. The maximum Gasteiger partial charge on any atom is 0.323 e. The van der Waals surface area contributed by atoms with Crippen LogP contribution in [-0.4, -0.2) is 48.5 Å². The molecule has 0 aliphatic carbocycles. The monoisotopic (exact) mass is 336 g/mol. The number of esters is 1. The molecule has 0 bridgehead atoms. The predicted octanol–water partition coefficient (Wildman–Crippen LogP) is 1.59. The normalized spacial score (nSPS) is 12.0. The van der Waals surface area contributed by atoms with E-state index in [2.05, 4.69) is 4.74 Å². The van der Waals surface area contributed by atoms with Gasteiger partial charge in [0.2, 0.25) is 5.91 Å². The average molecular weight is 337 g/mol. The minimum Gasteiger partial charge on any atom is -0.468 e. The molecule has 20 heavy (non-hydrogen) atoms. The first-order valence-electron chi connectivity index (χ1n) is 5.83. The Morgan fingerprint density at radius 3 is 2.80 bits per heavy atom. The molecule has 0 saturated heterocycles. The van der Waals surface area contributed by atoms with E-state index in [0.29, 0.717) is 16.6 Å². The highest BCUT2D eigenvalue weighted by atomic mass is 35.5. The van der Waals surface area contributed by atoms with Gasteiger partial charge in [-0.1, -0.05) is 11.6 Å². The third kappa shape index (κ3) is 5.70. The summed E-state index contributed by atoms with van der Waals surface area (Å²) >= 11 is 8.61. The number of thioether (sulfide) groups is 1. The highest BCUT2D eigenvalue weighted by Gasteiger charge is 2.16. The fraction of sp³-hybridized carbons (Fsp3) is 0.500. The third-order valence-electron chi connectivity index (χ3n) is 2.47. The van der Waals surface area contributed by atoms with E-state index in [9.17, 15) is 9.59 Å². The summed E-state index contributed by atoms with van der Waals surface area (Å²) in [4.78, 5) is 25.6. The summed E-state index contributed by atoms with van der Waals surface area (Å²) < 4.78 is 5.22. The lowest BCUT2D eigenvalue weighted by molar-refractivity contribution is -0.141. The molecule has 0 aliphatic heterocycles. The molecular weight excluding hydrogens is 320 g/mol. The van der Waals surface area contributed by atoms with E-state index in [-0.39, 0.29) is 11.7 Å². The fourth-order valence-electron chi connectivity index (χ4n) is 1.36. The molecule has 1 aromatic rings. The number of carbonyl (C=O) groups is 2. The van der Waals surface area contributed by atoms with Gasteiger partial charge in [0.05, 0.1) is 23.7 Å². The summed E-state index contributed by atoms with van der Waals surface area (Å²) in [5.41, 5.74) is 5.58. The maximum absolute atomic E-state index is 11.9. The van der Waals surface area contributed by atoms with E-state index in [1.54, 1.807) is 11.9 Å². The Morgan fingerprint density at radius 1 is 1.55 bits per heavy atom. The molecule has 0 saturated carbocycles. The molecule has 8 heteroatoms. The van der Waals surface area contributed by atoms with Crippen molar-refractivity contribution in [2.24, 2.45) is 5.73 Å². The van der Waals surface area contributed by atoms with Crippen LogP contribution in [0.4, 0.5) is 0 Å². The minimum atomic E-state index is -0.695. The second-order valence-corrected chi connectivity index (χ2v) is 6.93. The highest BCUT2D eigenvalue weighted by molar-refractivity contribution is 8.00. The van der Waals surface area contributed by atoms with Crippen LogP contribution in [-0.2, 0) is 20.9 Å². The van der Waals surface area contributed by atoms with Crippen LogP contribution in [0.25, 0.3) is 0 Å². The number of rotatable bonds is 7. The first-order chi connectivity index (χ1) is 9.43. The smallest absolute Gasteiger partial charge is 0.323 e. The Kier molecular flexibility index (Phi) is 7.36. The van der Waals surface area contributed by atoms with Crippen molar-refractivity contribution in [1.82, 2.24) is 4.90 Å². The number of carbonyl (C=O) groups excluding carboxylic acids is 2. The number of thiophene rings is 1. The van der Waals surface area contributed by atoms with Crippen molar-refractivity contribution in [3.8, 4) is 0 Å². The summed E-state index contributed by atoms with van der Waals surface area (Å²) in [6.45, 7) is 0.528. The second-order valence-electron chi connectivity index (χ2n) is 4.10. The van der Waals surface area contributed by atoms with E-state index in [1.165, 1.54) is 30.2 Å². The zero-order valence-electron chi connectivity index (χ0n) is 11.3.